The molecule has 2 aliphatic rings. The second kappa shape index (κ2) is 6.79. The normalized spacial score (nSPS) is 18.0. The third-order valence-corrected chi connectivity index (χ3v) is 5.29. The zero-order valence-corrected chi connectivity index (χ0v) is 15.1. The van der Waals surface area contributed by atoms with E-state index in [1.165, 1.54) is 5.56 Å². The average Bonchev–Trinajstić information content (AvgIpc) is 3.14. The van der Waals surface area contributed by atoms with Gasteiger partial charge in [-0.3, -0.25) is 14.7 Å². The predicted molar refractivity (Wildman–Crippen MR) is 101 cm³/mol. The molecule has 0 bridgehead atoms. The number of rotatable bonds is 3. The summed E-state index contributed by atoms with van der Waals surface area (Å²) >= 11 is 0. The molecule has 0 aliphatic carbocycles. The topological polar surface area (TPSA) is 78.8 Å². The van der Waals surface area contributed by atoms with Crippen LogP contribution in [0.1, 0.15) is 16.8 Å². The van der Waals surface area contributed by atoms with Crippen molar-refractivity contribution >= 4 is 11.7 Å². The minimum Gasteiger partial charge on any atom is -0.378 e. The van der Waals surface area contributed by atoms with Crippen LogP contribution in [-0.2, 0) is 24.2 Å². The van der Waals surface area contributed by atoms with E-state index in [9.17, 15) is 4.79 Å². The first-order valence-corrected chi connectivity index (χ1v) is 9.38. The van der Waals surface area contributed by atoms with Crippen molar-refractivity contribution in [2.45, 2.75) is 19.5 Å². The number of fused-ring (bicyclic) bond motifs is 3. The number of nitrogens with zero attached hydrogens (tertiary/aromatic N) is 5. The van der Waals surface area contributed by atoms with Crippen molar-refractivity contribution in [2.24, 2.45) is 0 Å². The Kier molecular flexibility index (Phi) is 4.14. The molecule has 4 heterocycles. The third kappa shape index (κ3) is 3.11. The van der Waals surface area contributed by atoms with E-state index in [1.807, 2.05) is 22.7 Å². The van der Waals surface area contributed by atoms with Gasteiger partial charge in [0.15, 0.2) is 0 Å². The monoisotopic (exact) mass is 366 g/mol. The molecule has 27 heavy (non-hydrogen) atoms. The standard InChI is InChI=1S/C19H22N6O2/c26-17-15-13-23(12-14-4-2-1-3-5-14)7-6-16(15)25-18(20-17)21-19(22-25)24-8-10-27-11-9-24/h1-5H,6-13H2,(H,20,21,22,26). The van der Waals surface area contributed by atoms with Crippen molar-refractivity contribution in [3.8, 4) is 0 Å². The van der Waals surface area contributed by atoms with Crippen LogP contribution in [0.25, 0.3) is 5.78 Å². The summed E-state index contributed by atoms with van der Waals surface area (Å²) in [5.41, 5.74) is 2.97. The van der Waals surface area contributed by atoms with Crippen molar-refractivity contribution in [1.82, 2.24) is 24.5 Å². The summed E-state index contributed by atoms with van der Waals surface area (Å²) in [5.74, 6) is 1.19. The second-order valence-corrected chi connectivity index (χ2v) is 7.07. The second-order valence-electron chi connectivity index (χ2n) is 7.07. The van der Waals surface area contributed by atoms with Gasteiger partial charge in [0.2, 0.25) is 11.7 Å². The molecule has 5 rings (SSSR count). The maximum absolute atomic E-state index is 12.7. The molecule has 2 aliphatic heterocycles. The third-order valence-electron chi connectivity index (χ3n) is 5.29. The van der Waals surface area contributed by atoms with Gasteiger partial charge in [-0.25, -0.2) is 4.52 Å². The van der Waals surface area contributed by atoms with Crippen LogP contribution in [0, 0.1) is 0 Å². The summed E-state index contributed by atoms with van der Waals surface area (Å²) < 4.78 is 7.22. The smallest absolute Gasteiger partial charge is 0.257 e. The summed E-state index contributed by atoms with van der Waals surface area (Å²) in [6.45, 7) is 5.27. The van der Waals surface area contributed by atoms with E-state index in [0.717, 1.165) is 43.9 Å². The number of nitrogens with one attached hydrogen (secondary N) is 1. The Bertz CT molecular complexity index is 1010. The Hall–Kier alpha value is -2.71. The molecule has 0 unspecified atom stereocenters. The Morgan fingerprint density at radius 3 is 2.74 bits per heavy atom. The fourth-order valence-electron chi connectivity index (χ4n) is 3.87. The lowest BCUT2D eigenvalue weighted by Crippen LogP contribution is -2.37. The molecular weight excluding hydrogens is 344 g/mol. The Balaban J connectivity index is 1.45. The van der Waals surface area contributed by atoms with Crippen LogP contribution in [0.4, 0.5) is 5.95 Å². The van der Waals surface area contributed by atoms with E-state index in [-0.39, 0.29) is 5.56 Å². The van der Waals surface area contributed by atoms with Crippen molar-refractivity contribution in [3.05, 3.63) is 57.5 Å². The number of H-pyrrole nitrogens is 1. The van der Waals surface area contributed by atoms with E-state index in [0.29, 0.717) is 31.5 Å². The number of hydrogen-bond acceptors (Lipinski definition) is 6. The highest BCUT2D eigenvalue weighted by atomic mass is 16.5. The molecule has 0 saturated carbocycles. The van der Waals surface area contributed by atoms with E-state index < -0.39 is 0 Å². The highest BCUT2D eigenvalue weighted by Crippen LogP contribution is 2.20. The molecule has 1 saturated heterocycles. The summed E-state index contributed by atoms with van der Waals surface area (Å²) in [6, 6.07) is 10.4. The first-order chi connectivity index (χ1) is 13.3. The molecule has 0 atom stereocenters. The average molecular weight is 366 g/mol. The number of benzene rings is 1. The molecule has 8 heteroatoms. The van der Waals surface area contributed by atoms with Crippen LogP contribution in [0.2, 0.25) is 0 Å². The highest BCUT2D eigenvalue weighted by Gasteiger charge is 2.25. The Morgan fingerprint density at radius 1 is 1.11 bits per heavy atom. The Labute approximate surface area is 156 Å². The molecule has 3 aromatic rings. The predicted octanol–water partition coefficient (Wildman–Crippen LogP) is 0.813. The molecule has 140 valence electrons. The lowest BCUT2D eigenvalue weighted by Gasteiger charge is -2.28. The molecule has 0 radical (unpaired) electrons. The summed E-state index contributed by atoms with van der Waals surface area (Å²) in [5, 5.41) is 4.69. The van der Waals surface area contributed by atoms with Gasteiger partial charge in [0.1, 0.15) is 0 Å². The number of aromatic amines is 1. The van der Waals surface area contributed by atoms with Crippen LogP contribution < -0.4 is 10.5 Å². The number of ether oxygens (including phenoxy) is 1. The summed E-state index contributed by atoms with van der Waals surface area (Å²) in [6.07, 6.45) is 0.786. The van der Waals surface area contributed by atoms with Crippen molar-refractivity contribution in [1.29, 1.82) is 0 Å². The van der Waals surface area contributed by atoms with Gasteiger partial charge < -0.3 is 9.64 Å². The van der Waals surface area contributed by atoms with Gasteiger partial charge in [0.25, 0.3) is 5.56 Å². The molecule has 1 N–H and O–H groups in total. The van der Waals surface area contributed by atoms with Crippen LogP contribution in [0.15, 0.2) is 35.1 Å². The van der Waals surface area contributed by atoms with Gasteiger partial charge in [-0.2, -0.15) is 4.98 Å². The van der Waals surface area contributed by atoms with Crippen molar-refractivity contribution < 1.29 is 4.74 Å². The van der Waals surface area contributed by atoms with Gasteiger partial charge in [0.05, 0.1) is 24.5 Å². The maximum atomic E-state index is 12.7. The van der Waals surface area contributed by atoms with E-state index >= 15 is 0 Å². The lowest BCUT2D eigenvalue weighted by molar-refractivity contribution is 0.122. The first-order valence-electron chi connectivity index (χ1n) is 9.38. The number of anilines is 1. The zero-order valence-electron chi connectivity index (χ0n) is 15.1. The quantitative estimate of drug-likeness (QED) is 0.739. The first kappa shape index (κ1) is 16.5. The van der Waals surface area contributed by atoms with E-state index in [4.69, 9.17) is 4.74 Å². The van der Waals surface area contributed by atoms with E-state index in [1.54, 1.807) is 0 Å². The summed E-state index contributed by atoms with van der Waals surface area (Å²) in [4.78, 5) is 24.5. The van der Waals surface area contributed by atoms with Crippen LogP contribution >= 0.6 is 0 Å². The van der Waals surface area contributed by atoms with Gasteiger partial charge >= 0.3 is 0 Å². The van der Waals surface area contributed by atoms with Gasteiger partial charge in [0, 0.05) is 39.1 Å². The zero-order chi connectivity index (χ0) is 18.2. The molecule has 1 fully saturated rings. The largest absolute Gasteiger partial charge is 0.378 e. The Morgan fingerprint density at radius 2 is 1.93 bits per heavy atom. The fraction of sp³-hybridized carbons (Fsp3) is 0.421. The minimum atomic E-state index is -0.0591. The van der Waals surface area contributed by atoms with Crippen molar-refractivity contribution in [2.75, 3.05) is 37.7 Å². The van der Waals surface area contributed by atoms with Gasteiger partial charge in [-0.05, 0) is 5.56 Å². The molecule has 0 spiro atoms. The fourth-order valence-corrected chi connectivity index (χ4v) is 3.87. The molecule has 2 aromatic heterocycles. The van der Waals surface area contributed by atoms with Crippen molar-refractivity contribution in [3.63, 3.8) is 0 Å². The van der Waals surface area contributed by atoms with Crippen LogP contribution in [-0.4, -0.2) is 57.3 Å². The molecular formula is C19H22N6O2. The maximum Gasteiger partial charge on any atom is 0.257 e. The highest BCUT2D eigenvalue weighted by molar-refractivity contribution is 5.42. The summed E-state index contributed by atoms with van der Waals surface area (Å²) in [7, 11) is 0. The van der Waals surface area contributed by atoms with E-state index in [2.05, 4.69) is 37.0 Å². The van der Waals surface area contributed by atoms with Gasteiger partial charge in [-0.15, -0.1) is 5.10 Å². The molecule has 8 nitrogen and oxygen atoms in total. The number of aromatic nitrogens is 4. The molecule has 0 amide bonds. The number of hydrogen-bond donors (Lipinski definition) is 1. The lowest BCUT2D eigenvalue weighted by atomic mass is 10.1. The van der Waals surface area contributed by atoms with Gasteiger partial charge in [-0.1, -0.05) is 30.3 Å². The SMILES string of the molecule is O=c1[nH]c2nc(N3CCOCC3)nn2c2c1CN(Cc1ccccc1)CC2. The van der Waals surface area contributed by atoms with Crippen LogP contribution in [0.3, 0.4) is 0 Å². The number of morpholine rings is 1. The van der Waals surface area contributed by atoms with Crippen LogP contribution in [0.5, 0.6) is 0 Å². The molecule has 1 aromatic carbocycles. The minimum absolute atomic E-state index is 0.0591.